The zero-order chi connectivity index (χ0) is 18.4. The van der Waals surface area contributed by atoms with Gasteiger partial charge in [-0.1, -0.05) is 33.8 Å². The molecule has 1 aromatic rings. The Morgan fingerprint density at radius 3 is 2.24 bits per heavy atom. The van der Waals surface area contributed by atoms with Gasteiger partial charge in [-0.15, -0.1) is 0 Å². The predicted octanol–water partition coefficient (Wildman–Crippen LogP) is 4.07. The number of rotatable bonds is 8. The van der Waals surface area contributed by atoms with Gasteiger partial charge in [-0.2, -0.15) is 0 Å². The molecular weight excluding hydrogens is 312 g/mol. The van der Waals surface area contributed by atoms with Gasteiger partial charge in [0.2, 0.25) is 0 Å². The Balaban J connectivity index is 1.80. The fourth-order valence-electron chi connectivity index (χ4n) is 3.20. The van der Waals surface area contributed by atoms with E-state index in [0.717, 1.165) is 50.2 Å². The number of Topliss-reactive ketones (excluding diaryl/α,β-unsaturated/α-hetero) is 2. The van der Waals surface area contributed by atoms with Gasteiger partial charge in [0.15, 0.2) is 0 Å². The summed E-state index contributed by atoms with van der Waals surface area (Å²) in [6.45, 7) is 9.83. The molecule has 0 unspecified atom stereocenters. The van der Waals surface area contributed by atoms with Crippen molar-refractivity contribution in [3.63, 3.8) is 0 Å². The van der Waals surface area contributed by atoms with Crippen molar-refractivity contribution in [3.05, 3.63) is 23.9 Å². The Bertz CT molecular complexity index is 570. The summed E-state index contributed by atoms with van der Waals surface area (Å²) in [5, 5.41) is 0. The number of carbonyl (C=O) groups excluding carboxylic acids is 2. The maximum Gasteiger partial charge on any atom is 0.139 e. The van der Waals surface area contributed by atoms with Crippen LogP contribution in [0.25, 0.3) is 0 Å². The van der Waals surface area contributed by atoms with Crippen LogP contribution < -0.4 is 4.90 Å². The molecule has 25 heavy (non-hydrogen) atoms. The summed E-state index contributed by atoms with van der Waals surface area (Å²) in [7, 11) is 0. The Morgan fingerprint density at radius 2 is 1.72 bits per heavy atom. The van der Waals surface area contributed by atoms with Crippen molar-refractivity contribution < 1.29 is 9.59 Å². The number of aromatic nitrogens is 1. The van der Waals surface area contributed by atoms with Gasteiger partial charge >= 0.3 is 0 Å². The number of pyridine rings is 1. The summed E-state index contributed by atoms with van der Waals surface area (Å²) in [6, 6.07) is 4.06. The largest absolute Gasteiger partial charge is 0.357 e. The Hall–Kier alpha value is -1.71. The van der Waals surface area contributed by atoms with Gasteiger partial charge in [0, 0.05) is 44.0 Å². The summed E-state index contributed by atoms with van der Waals surface area (Å²) in [5.74, 6) is 2.52. The monoisotopic (exact) mass is 344 g/mol. The van der Waals surface area contributed by atoms with E-state index < -0.39 is 0 Å². The van der Waals surface area contributed by atoms with Crippen molar-refractivity contribution in [3.8, 4) is 0 Å². The molecule has 0 spiro atoms. The lowest BCUT2D eigenvalue weighted by Crippen LogP contribution is -2.34. The molecule has 0 N–H and O–H groups in total. The molecule has 0 atom stereocenters. The smallest absolute Gasteiger partial charge is 0.139 e. The number of piperidine rings is 1. The molecule has 1 aromatic heterocycles. The van der Waals surface area contributed by atoms with Crippen LogP contribution in [0, 0.1) is 17.8 Å². The summed E-state index contributed by atoms with van der Waals surface area (Å²) in [5.41, 5.74) is 0.990. The average Bonchev–Trinajstić information content (AvgIpc) is 2.60. The summed E-state index contributed by atoms with van der Waals surface area (Å²) in [4.78, 5) is 30.5. The van der Waals surface area contributed by atoms with Crippen molar-refractivity contribution in [2.75, 3.05) is 18.0 Å². The number of nitrogens with zero attached hydrogens (tertiary/aromatic N) is 2. The minimum Gasteiger partial charge on any atom is -0.357 e. The van der Waals surface area contributed by atoms with Crippen LogP contribution in [-0.2, 0) is 16.0 Å². The Labute approximate surface area is 152 Å². The van der Waals surface area contributed by atoms with Gasteiger partial charge in [0.25, 0.3) is 0 Å². The third-order valence-electron chi connectivity index (χ3n) is 5.21. The van der Waals surface area contributed by atoms with Crippen LogP contribution in [-0.4, -0.2) is 29.6 Å². The van der Waals surface area contributed by atoms with Crippen molar-refractivity contribution in [1.82, 2.24) is 4.98 Å². The minimum atomic E-state index is 0.0706. The number of carbonyl (C=O) groups is 2. The third kappa shape index (κ3) is 5.94. The maximum atomic E-state index is 11.8. The number of hydrogen-bond donors (Lipinski definition) is 0. The molecule has 1 aliphatic rings. The van der Waals surface area contributed by atoms with Crippen molar-refractivity contribution in [1.29, 1.82) is 0 Å². The van der Waals surface area contributed by atoms with Crippen LogP contribution >= 0.6 is 0 Å². The Morgan fingerprint density at radius 1 is 1.08 bits per heavy atom. The standard InChI is InChI=1S/C21H32N2O2/c1-15(2)19(24)7-5-17-9-11-23(12-10-17)21-8-6-18(14-22-21)13-20(25)16(3)4/h6,8,14-17H,5,7,9-13H2,1-4H3. The molecule has 2 heterocycles. The molecule has 0 aromatic carbocycles. The van der Waals surface area contributed by atoms with Gasteiger partial charge < -0.3 is 4.90 Å². The minimum absolute atomic E-state index is 0.0706. The van der Waals surface area contributed by atoms with Crippen LogP contribution in [0.15, 0.2) is 18.3 Å². The zero-order valence-corrected chi connectivity index (χ0v) is 16.1. The molecule has 0 saturated carbocycles. The second kappa shape index (κ2) is 9.12. The lowest BCUT2D eigenvalue weighted by molar-refractivity contribution is -0.122. The first-order valence-electron chi connectivity index (χ1n) is 9.62. The van der Waals surface area contributed by atoms with Crippen LogP contribution in [0.3, 0.4) is 0 Å². The molecular formula is C21H32N2O2. The highest BCUT2D eigenvalue weighted by Gasteiger charge is 2.21. The zero-order valence-electron chi connectivity index (χ0n) is 16.1. The highest BCUT2D eigenvalue weighted by atomic mass is 16.1. The molecule has 0 radical (unpaired) electrons. The molecule has 4 nitrogen and oxygen atoms in total. The number of hydrogen-bond acceptors (Lipinski definition) is 4. The number of anilines is 1. The van der Waals surface area contributed by atoms with Crippen molar-refractivity contribution in [2.45, 2.75) is 59.8 Å². The van der Waals surface area contributed by atoms with Gasteiger partial charge in [-0.05, 0) is 36.8 Å². The average molecular weight is 344 g/mol. The first-order chi connectivity index (χ1) is 11.9. The van der Waals surface area contributed by atoms with Gasteiger partial charge in [0.05, 0.1) is 0 Å². The topological polar surface area (TPSA) is 50.3 Å². The first-order valence-corrected chi connectivity index (χ1v) is 9.62. The second-order valence-corrected chi connectivity index (χ2v) is 7.91. The van der Waals surface area contributed by atoms with E-state index in [1.54, 1.807) is 0 Å². The molecule has 138 valence electrons. The van der Waals surface area contributed by atoms with Gasteiger partial charge in [0.1, 0.15) is 17.4 Å². The SMILES string of the molecule is CC(C)C(=O)CCC1CCN(c2ccc(CC(=O)C(C)C)cn2)CC1. The van der Waals surface area contributed by atoms with E-state index in [1.165, 1.54) is 0 Å². The summed E-state index contributed by atoms with van der Waals surface area (Å²) in [6.07, 6.45) is 6.30. The molecule has 2 rings (SSSR count). The first kappa shape index (κ1) is 19.6. The molecule has 0 aliphatic carbocycles. The van der Waals surface area contributed by atoms with Crippen LogP contribution in [0.5, 0.6) is 0 Å². The fraction of sp³-hybridized carbons (Fsp3) is 0.667. The third-order valence-corrected chi connectivity index (χ3v) is 5.21. The lowest BCUT2D eigenvalue weighted by atomic mass is 9.90. The van der Waals surface area contributed by atoms with E-state index >= 15 is 0 Å². The quantitative estimate of drug-likeness (QED) is 0.713. The van der Waals surface area contributed by atoms with E-state index in [-0.39, 0.29) is 17.6 Å². The van der Waals surface area contributed by atoms with E-state index in [1.807, 2.05) is 46.0 Å². The van der Waals surface area contributed by atoms with E-state index in [0.29, 0.717) is 18.1 Å². The van der Waals surface area contributed by atoms with Crippen molar-refractivity contribution in [2.24, 2.45) is 17.8 Å². The van der Waals surface area contributed by atoms with E-state index in [9.17, 15) is 9.59 Å². The van der Waals surface area contributed by atoms with Crippen LogP contribution in [0.2, 0.25) is 0 Å². The molecule has 4 heteroatoms. The summed E-state index contributed by atoms with van der Waals surface area (Å²) >= 11 is 0. The van der Waals surface area contributed by atoms with Crippen LogP contribution in [0.4, 0.5) is 5.82 Å². The maximum absolute atomic E-state index is 11.8. The summed E-state index contributed by atoms with van der Waals surface area (Å²) < 4.78 is 0. The van der Waals surface area contributed by atoms with Gasteiger partial charge in [-0.3, -0.25) is 9.59 Å². The van der Waals surface area contributed by atoms with E-state index in [4.69, 9.17) is 0 Å². The Kier molecular flexibility index (Phi) is 7.15. The lowest BCUT2D eigenvalue weighted by Gasteiger charge is -2.33. The van der Waals surface area contributed by atoms with E-state index in [2.05, 4.69) is 9.88 Å². The normalized spacial score (nSPS) is 15.8. The highest BCUT2D eigenvalue weighted by molar-refractivity contribution is 5.82. The molecule has 1 aliphatic heterocycles. The predicted molar refractivity (Wildman–Crippen MR) is 102 cm³/mol. The van der Waals surface area contributed by atoms with Gasteiger partial charge in [-0.25, -0.2) is 4.98 Å². The number of ketones is 2. The molecule has 0 amide bonds. The fourth-order valence-corrected chi connectivity index (χ4v) is 3.20. The van der Waals surface area contributed by atoms with Crippen molar-refractivity contribution >= 4 is 17.4 Å². The van der Waals surface area contributed by atoms with Crippen LogP contribution in [0.1, 0.15) is 58.9 Å². The molecule has 0 bridgehead atoms. The highest BCUT2D eigenvalue weighted by Crippen LogP contribution is 2.25. The second-order valence-electron chi connectivity index (χ2n) is 7.91. The molecule has 1 saturated heterocycles. The molecule has 1 fully saturated rings.